The average molecular weight is 486 g/mol. The molecule has 3 aromatic rings. The van der Waals surface area contributed by atoms with Crippen molar-refractivity contribution in [3.05, 3.63) is 95.3 Å². The normalized spacial score (nSPS) is 17.8. The van der Waals surface area contributed by atoms with E-state index in [1.165, 1.54) is 22.4 Å². The molecule has 6 heteroatoms. The van der Waals surface area contributed by atoms with Crippen molar-refractivity contribution in [2.24, 2.45) is 0 Å². The van der Waals surface area contributed by atoms with Crippen LogP contribution in [0.25, 0.3) is 0 Å². The van der Waals surface area contributed by atoms with Crippen LogP contribution in [0.3, 0.4) is 0 Å². The maximum absolute atomic E-state index is 13.3. The quantitative estimate of drug-likeness (QED) is 0.424. The van der Waals surface area contributed by atoms with Crippen molar-refractivity contribution in [3.8, 4) is 0 Å². The van der Waals surface area contributed by atoms with E-state index in [-0.39, 0.29) is 18.0 Å². The van der Waals surface area contributed by atoms with Crippen LogP contribution in [0.15, 0.2) is 73.1 Å². The number of anilines is 1. The molecule has 1 aliphatic heterocycles. The molecule has 2 N–H and O–H groups in total. The second-order valence-corrected chi connectivity index (χ2v) is 9.67. The zero-order valence-corrected chi connectivity index (χ0v) is 21.8. The molecule has 1 fully saturated rings. The molecule has 4 rings (SSSR count). The summed E-state index contributed by atoms with van der Waals surface area (Å²) in [5.74, 6) is 0.0819. The summed E-state index contributed by atoms with van der Waals surface area (Å²) in [5.41, 5.74) is 6.03. The summed E-state index contributed by atoms with van der Waals surface area (Å²) in [6.45, 7) is 11.4. The Morgan fingerprint density at radius 3 is 2.47 bits per heavy atom. The molecule has 0 bridgehead atoms. The van der Waals surface area contributed by atoms with Crippen LogP contribution >= 0.6 is 0 Å². The van der Waals surface area contributed by atoms with Gasteiger partial charge in [-0.3, -0.25) is 14.7 Å². The van der Waals surface area contributed by atoms with Gasteiger partial charge in [0.2, 0.25) is 5.91 Å². The van der Waals surface area contributed by atoms with E-state index in [1.54, 1.807) is 12.4 Å². The molecule has 1 amide bonds. The molecule has 1 saturated heterocycles. The van der Waals surface area contributed by atoms with Gasteiger partial charge in [0.05, 0.1) is 6.04 Å². The van der Waals surface area contributed by atoms with Gasteiger partial charge in [-0.05, 0) is 62.1 Å². The number of benzene rings is 2. The zero-order chi connectivity index (χ0) is 25.3. The van der Waals surface area contributed by atoms with Crippen LogP contribution in [0.2, 0.25) is 0 Å². The number of aryl methyl sites for hydroxylation is 1. The summed E-state index contributed by atoms with van der Waals surface area (Å²) in [6, 6.07) is 21.4. The Morgan fingerprint density at radius 2 is 1.78 bits per heavy atom. The fourth-order valence-electron chi connectivity index (χ4n) is 5.03. The van der Waals surface area contributed by atoms with Crippen LogP contribution < -0.4 is 15.5 Å². The maximum Gasteiger partial charge on any atom is 0.237 e. The minimum Gasteiger partial charge on any atom is -0.372 e. The summed E-state index contributed by atoms with van der Waals surface area (Å²) < 4.78 is 0. The summed E-state index contributed by atoms with van der Waals surface area (Å²) in [4.78, 5) is 22.1. The molecule has 1 aromatic heterocycles. The number of carbonyl (C=O) groups excluding carboxylic acids is 1. The number of nitrogens with one attached hydrogen (secondary N) is 2. The van der Waals surface area contributed by atoms with Gasteiger partial charge in [-0.1, -0.05) is 48.0 Å². The van der Waals surface area contributed by atoms with Crippen LogP contribution in [-0.4, -0.2) is 47.5 Å². The van der Waals surface area contributed by atoms with E-state index in [4.69, 9.17) is 0 Å². The molecule has 0 saturated carbocycles. The van der Waals surface area contributed by atoms with Crippen molar-refractivity contribution in [1.82, 2.24) is 20.5 Å². The van der Waals surface area contributed by atoms with Crippen molar-refractivity contribution in [2.45, 2.75) is 58.9 Å². The second kappa shape index (κ2) is 12.7. The third kappa shape index (κ3) is 6.93. The van der Waals surface area contributed by atoms with Crippen LogP contribution in [0.5, 0.6) is 0 Å². The summed E-state index contributed by atoms with van der Waals surface area (Å²) in [5, 5.41) is 6.84. The van der Waals surface area contributed by atoms with E-state index in [0.29, 0.717) is 6.54 Å². The van der Waals surface area contributed by atoms with Gasteiger partial charge >= 0.3 is 0 Å². The number of hydrogen-bond donors (Lipinski definition) is 2. The highest BCUT2D eigenvalue weighted by molar-refractivity contribution is 5.82. The van der Waals surface area contributed by atoms with Gasteiger partial charge in [-0.2, -0.15) is 0 Å². The predicted octanol–water partition coefficient (Wildman–Crippen LogP) is 4.29. The molecule has 190 valence electrons. The Labute approximate surface area is 215 Å². The van der Waals surface area contributed by atoms with Crippen molar-refractivity contribution >= 4 is 11.6 Å². The highest BCUT2D eigenvalue weighted by Gasteiger charge is 2.36. The van der Waals surface area contributed by atoms with Gasteiger partial charge in [0.1, 0.15) is 0 Å². The lowest BCUT2D eigenvalue weighted by Crippen LogP contribution is -2.42. The lowest BCUT2D eigenvalue weighted by atomic mass is 10.1. The molecule has 0 radical (unpaired) electrons. The van der Waals surface area contributed by atoms with Crippen LogP contribution in [0.4, 0.5) is 5.69 Å². The third-order valence-corrected chi connectivity index (χ3v) is 7.02. The van der Waals surface area contributed by atoms with Gasteiger partial charge < -0.3 is 15.5 Å². The summed E-state index contributed by atoms with van der Waals surface area (Å²) in [6.07, 6.45) is 4.35. The Hall–Kier alpha value is -3.22. The van der Waals surface area contributed by atoms with Crippen molar-refractivity contribution < 1.29 is 4.79 Å². The van der Waals surface area contributed by atoms with Crippen molar-refractivity contribution in [1.29, 1.82) is 0 Å². The van der Waals surface area contributed by atoms with E-state index in [0.717, 1.165) is 44.7 Å². The smallest absolute Gasteiger partial charge is 0.237 e. The van der Waals surface area contributed by atoms with E-state index >= 15 is 0 Å². The van der Waals surface area contributed by atoms with E-state index < -0.39 is 0 Å². The standard InChI is InChI=1S/C30H39N5O/c1-4-34(5-2)28-13-11-24(12-14-28)21-35-22-27(32-19-25-9-6-8-23(3)16-25)17-29(35)30(36)33-20-26-10-7-15-31-18-26/h6-16,18,27,29,32H,4-5,17,19-22H2,1-3H3,(H,33,36)/t27-,29-/m0/s1. The first-order chi connectivity index (χ1) is 17.6. The van der Waals surface area contributed by atoms with Gasteiger partial charge in [-0.25, -0.2) is 0 Å². The lowest BCUT2D eigenvalue weighted by Gasteiger charge is -2.25. The van der Waals surface area contributed by atoms with E-state index in [9.17, 15) is 4.79 Å². The Bertz CT molecular complexity index is 1100. The Kier molecular flexibility index (Phi) is 9.09. The van der Waals surface area contributed by atoms with Crippen LogP contribution in [-0.2, 0) is 24.4 Å². The molecule has 0 aliphatic carbocycles. The third-order valence-electron chi connectivity index (χ3n) is 7.02. The monoisotopic (exact) mass is 485 g/mol. The number of hydrogen-bond acceptors (Lipinski definition) is 5. The number of amides is 1. The first-order valence-corrected chi connectivity index (χ1v) is 13.1. The minimum absolute atomic E-state index is 0.0819. The minimum atomic E-state index is -0.167. The zero-order valence-electron chi connectivity index (χ0n) is 21.8. The van der Waals surface area contributed by atoms with Crippen LogP contribution in [0, 0.1) is 6.92 Å². The van der Waals surface area contributed by atoms with Crippen LogP contribution in [0.1, 0.15) is 42.5 Å². The molecule has 2 aromatic carbocycles. The van der Waals surface area contributed by atoms with Gasteiger partial charge in [-0.15, -0.1) is 0 Å². The van der Waals surface area contributed by atoms with Gasteiger partial charge in [0.25, 0.3) is 0 Å². The topological polar surface area (TPSA) is 60.5 Å². The number of pyridine rings is 1. The Balaban J connectivity index is 1.43. The first-order valence-electron chi connectivity index (χ1n) is 13.1. The highest BCUT2D eigenvalue weighted by atomic mass is 16.2. The predicted molar refractivity (Wildman–Crippen MR) is 147 cm³/mol. The molecule has 6 nitrogen and oxygen atoms in total. The van der Waals surface area contributed by atoms with E-state index in [2.05, 4.69) is 94.7 Å². The fraction of sp³-hybridized carbons (Fsp3) is 0.400. The lowest BCUT2D eigenvalue weighted by molar-refractivity contribution is -0.125. The summed E-state index contributed by atoms with van der Waals surface area (Å²) in [7, 11) is 0. The maximum atomic E-state index is 13.3. The number of likely N-dealkylation sites (tertiary alicyclic amines) is 1. The Morgan fingerprint density at radius 1 is 1.00 bits per heavy atom. The number of aromatic nitrogens is 1. The first kappa shape index (κ1) is 25.9. The van der Waals surface area contributed by atoms with Gasteiger partial charge in [0.15, 0.2) is 0 Å². The fourth-order valence-corrected chi connectivity index (χ4v) is 5.03. The average Bonchev–Trinajstić information content (AvgIpc) is 3.31. The molecule has 2 atom stereocenters. The number of carbonyl (C=O) groups is 1. The number of rotatable bonds is 11. The highest BCUT2D eigenvalue weighted by Crippen LogP contribution is 2.23. The largest absolute Gasteiger partial charge is 0.372 e. The van der Waals surface area contributed by atoms with Gasteiger partial charge in [0, 0.05) is 63.4 Å². The van der Waals surface area contributed by atoms with Crippen molar-refractivity contribution in [3.63, 3.8) is 0 Å². The summed E-state index contributed by atoms with van der Waals surface area (Å²) >= 11 is 0. The molecular formula is C30H39N5O. The molecule has 0 spiro atoms. The molecule has 1 aliphatic rings. The molecule has 2 heterocycles. The SMILES string of the molecule is CCN(CC)c1ccc(CN2C[C@@H](NCc3cccc(C)c3)C[C@H]2C(=O)NCc2cccnc2)cc1. The second-order valence-electron chi connectivity index (χ2n) is 9.67. The molecule has 0 unspecified atom stereocenters. The number of nitrogens with zero attached hydrogens (tertiary/aromatic N) is 3. The van der Waals surface area contributed by atoms with Crippen molar-refractivity contribution in [2.75, 3.05) is 24.5 Å². The van der Waals surface area contributed by atoms with E-state index in [1.807, 2.05) is 12.1 Å². The molecule has 36 heavy (non-hydrogen) atoms. The molecular weight excluding hydrogens is 446 g/mol.